The highest BCUT2D eigenvalue weighted by molar-refractivity contribution is 5.55. The van der Waals surface area contributed by atoms with Crippen LogP contribution in [0, 0.1) is 6.92 Å². The first kappa shape index (κ1) is 17.0. The van der Waals surface area contributed by atoms with Crippen molar-refractivity contribution in [2.45, 2.75) is 45.7 Å². The Hall–Kier alpha value is -1.85. The van der Waals surface area contributed by atoms with Gasteiger partial charge < -0.3 is 14.3 Å². The second-order valence-corrected chi connectivity index (χ2v) is 6.28. The molecule has 24 heavy (non-hydrogen) atoms. The lowest BCUT2D eigenvalue weighted by Crippen LogP contribution is -2.41. The van der Waals surface area contributed by atoms with Crippen molar-refractivity contribution in [3.05, 3.63) is 35.7 Å². The van der Waals surface area contributed by atoms with Crippen LogP contribution in [0.2, 0.25) is 0 Å². The largest absolute Gasteiger partial charge is 0.494 e. The lowest BCUT2D eigenvalue weighted by atomic mass is 10.0. The van der Waals surface area contributed by atoms with Crippen molar-refractivity contribution >= 4 is 0 Å². The lowest BCUT2D eigenvalue weighted by molar-refractivity contribution is 0.0828. The fourth-order valence-electron chi connectivity index (χ4n) is 3.23. The monoisotopic (exact) mass is 330 g/mol. The highest BCUT2D eigenvalue weighted by Crippen LogP contribution is 2.26. The number of ether oxygens (including phenoxy) is 1. The Kier molecular flexibility index (Phi) is 5.53. The Morgan fingerprint density at radius 3 is 2.79 bits per heavy atom. The summed E-state index contributed by atoms with van der Waals surface area (Å²) in [6.45, 7) is 6.54. The molecule has 0 radical (unpaired) electrons. The SMILES string of the molecule is CCOc1ccc(-c2nc(CN3CCCC[C@@H]3CO)c(C)o2)cc1. The molecule has 1 fully saturated rings. The molecule has 1 aliphatic heterocycles. The number of piperidine rings is 1. The molecule has 0 saturated carbocycles. The summed E-state index contributed by atoms with van der Waals surface area (Å²) in [5.74, 6) is 2.34. The van der Waals surface area contributed by atoms with Crippen LogP contribution in [0.25, 0.3) is 11.5 Å². The van der Waals surface area contributed by atoms with Gasteiger partial charge in [-0.05, 0) is 57.5 Å². The highest BCUT2D eigenvalue weighted by atomic mass is 16.5. The van der Waals surface area contributed by atoms with Crippen LogP contribution in [-0.2, 0) is 6.54 Å². The summed E-state index contributed by atoms with van der Waals surface area (Å²) < 4.78 is 11.3. The summed E-state index contributed by atoms with van der Waals surface area (Å²) in [6, 6.07) is 8.05. The molecule has 2 aromatic rings. The van der Waals surface area contributed by atoms with E-state index in [-0.39, 0.29) is 12.6 Å². The van der Waals surface area contributed by atoms with Crippen molar-refractivity contribution in [3.8, 4) is 17.2 Å². The molecule has 1 N–H and O–H groups in total. The average Bonchev–Trinajstić information content (AvgIpc) is 2.97. The molecule has 130 valence electrons. The standard InChI is InChI=1S/C19H26N2O3/c1-3-23-17-9-7-15(8-10-17)19-20-18(14(2)24-19)12-21-11-5-4-6-16(21)13-22/h7-10,16,22H,3-6,11-13H2,1-2H3/t16-/m1/s1. The summed E-state index contributed by atoms with van der Waals surface area (Å²) in [5, 5.41) is 9.56. The molecule has 1 atom stereocenters. The van der Waals surface area contributed by atoms with Crippen molar-refractivity contribution in [1.82, 2.24) is 9.88 Å². The van der Waals surface area contributed by atoms with Crippen LogP contribution < -0.4 is 4.74 Å². The van der Waals surface area contributed by atoms with Crippen LogP contribution >= 0.6 is 0 Å². The molecule has 1 saturated heterocycles. The van der Waals surface area contributed by atoms with Crippen molar-refractivity contribution in [2.24, 2.45) is 0 Å². The van der Waals surface area contributed by atoms with E-state index in [1.54, 1.807) is 0 Å². The highest BCUT2D eigenvalue weighted by Gasteiger charge is 2.24. The van der Waals surface area contributed by atoms with Gasteiger partial charge in [-0.25, -0.2) is 4.98 Å². The molecular weight excluding hydrogens is 304 g/mol. The number of nitrogens with zero attached hydrogens (tertiary/aromatic N) is 2. The van der Waals surface area contributed by atoms with E-state index in [1.807, 2.05) is 38.1 Å². The smallest absolute Gasteiger partial charge is 0.226 e. The minimum Gasteiger partial charge on any atom is -0.494 e. The van der Waals surface area contributed by atoms with Gasteiger partial charge in [0, 0.05) is 18.2 Å². The molecular formula is C19H26N2O3. The molecule has 5 nitrogen and oxygen atoms in total. The molecule has 1 aromatic heterocycles. The molecule has 1 aromatic carbocycles. The number of hydrogen-bond donors (Lipinski definition) is 1. The number of aryl methyl sites for hydroxylation is 1. The molecule has 0 amide bonds. The summed E-state index contributed by atoms with van der Waals surface area (Å²) in [5.41, 5.74) is 1.91. The zero-order valence-electron chi connectivity index (χ0n) is 14.5. The summed E-state index contributed by atoms with van der Waals surface area (Å²) in [6.07, 6.45) is 3.43. The van der Waals surface area contributed by atoms with Crippen molar-refractivity contribution in [3.63, 3.8) is 0 Å². The Balaban J connectivity index is 1.74. The van der Waals surface area contributed by atoms with Crippen LogP contribution in [-0.4, -0.2) is 40.8 Å². The number of likely N-dealkylation sites (tertiary alicyclic amines) is 1. The quantitative estimate of drug-likeness (QED) is 0.880. The van der Waals surface area contributed by atoms with Gasteiger partial charge in [0.1, 0.15) is 11.5 Å². The number of oxazole rings is 1. The molecule has 2 heterocycles. The topological polar surface area (TPSA) is 58.7 Å². The predicted octanol–water partition coefficient (Wildman–Crippen LogP) is 3.40. The summed E-state index contributed by atoms with van der Waals surface area (Å²) >= 11 is 0. The van der Waals surface area contributed by atoms with Crippen LogP contribution in [0.1, 0.15) is 37.6 Å². The third kappa shape index (κ3) is 3.79. The van der Waals surface area contributed by atoms with Crippen LogP contribution in [0.4, 0.5) is 0 Å². The van der Waals surface area contributed by atoms with Gasteiger partial charge >= 0.3 is 0 Å². The van der Waals surface area contributed by atoms with Gasteiger partial charge in [0.05, 0.1) is 18.9 Å². The van der Waals surface area contributed by atoms with E-state index in [0.717, 1.165) is 42.3 Å². The maximum Gasteiger partial charge on any atom is 0.226 e. The molecule has 3 rings (SSSR count). The normalized spacial score (nSPS) is 18.7. The molecule has 0 unspecified atom stereocenters. The second kappa shape index (κ2) is 7.81. The first-order chi connectivity index (χ1) is 11.7. The zero-order chi connectivity index (χ0) is 16.9. The van der Waals surface area contributed by atoms with Crippen molar-refractivity contribution in [1.29, 1.82) is 0 Å². The summed E-state index contributed by atoms with van der Waals surface area (Å²) in [4.78, 5) is 7.00. The third-order valence-corrected chi connectivity index (χ3v) is 4.62. The molecule has 0 aliphatic carbocycles. The minimum absolute atomic E-state index is 0.211. The third-order valence-electron chi connectivity index (χ3n) is 4.62. The lowest BCUT2D eigenvalue weighted by Gasteiger charge is -2.33. The van der Waals surface area contributed by atoms with Gasteiger partial charge in [-0.3, -0.25) is 4.90 Å². The predicted molar refractivity (Wildman–Crippen MR) is 93.0 cm³/mol. The van der Waals surface area contributed by atoms with E-state index < -0.39 is 0 Å². The van der Waals surface area contributed by atoms with Crippen molar-refractivity contribution < 1.29 is 14.3 Å². The Morgan fingerprint density at radius 2 is 2.08 bits per heavy atom. The fourth-order valence-corrected chi connectivity index (χ4v) is 3.23. The van der Waals surface area contributed by atoms with E-state index in [4.69, 9.17) is 9.15 Å². The molecule has 5 heteroatoms. The zero-order valence-corrected chi connectivity index (χ0v) is 14.5. The van der Waals surface area contributed by atoms with E-state index in [1.165, 1.54) is 12.8 Å². The summed E-state index contributed by atoms with van der Waals surface area (Å²) in [7, 11) is 0. The van der Waals surface area contributed by atoms with Gasteiger partial charge in [0.2, 0.25) is 5.89 Å². The Morgan fingerprint density at radius 1 is 1.29 bits per heavy atom. The van der Waals surface area contributed by atoms with Gasteiger partial charge in [-0.15, -0.1) is 0 Å². The Labute approximate surface area is 143 Å². The van der Waals surface area contributed by atoms with Crippen LogP contribution in [0.5, 0.6) is 5.75 Å². The van der Waals surface area contributed by atoms with Gasteiger partial charge in [-0.2, -0.15) is 0 Å². The average molecular weight is 330 g/mol. The first-order valence-corrected chi connectivity index (χ1v) is 8.75. The van der Waals surface area contributed by atoms with Crippen molar-refractivity contribution in [2.75, 3.05) is 19.8 Å². The number of hydrogen-bond acceptors (Lipinski definition) is 5. The van der Waals surface area contributed by atoms with E-state index in [2.05, 4.69) is 9.88 Å². The number of rotatable bonds is 6. The second-order valence-electron chi connectivity index (χ2n) is 6.28. The number of aliphatic hydroxyl groups excluding tert-OH is 1. The number of benzene rings is 1. The van der Waals surface area contributed by atoms with E-state index in [9.17, 15) is 5.11 Å². The Bertz CT molecular complexity index is 651. The van der Waals surface area contributed by atoms with E-state index >= 15 is 0 Å². The maximum absolute atomic E-state index is 9.56. The van der Waals surface area contributed by atoms with Crippen LogP contribution in [0.15, 0.2) is 28.7 Å². The number of aliphatic hydroxyl groups is 1. The first-order valence-electron chi connectivity index (χ1n) is 8.75. The minimum atomic E-state index is 0.211. The van der Waals surface area contributed by atoms with Crippen LogP contribution in [0.3, 0.4) is 0 Å². The fraction of sp³-hybridized carbons (Fsp3) is 0.526. The molecule has 0 spiro atoms. The van der Waals surface area contributed by atoms with Gasteiger partial charge in [0.25, 0.3) is 0 Å². The molecule has 1 aliphatic rings. The molecule has 0 bridgehead atoms. The number of aromatic nitrogens is 1. The van der Waals surface area contributed by atoms with Gasteiger partial charge in [-0.1, -0.05) is 6.42 Å². The van der Waals surface area contributed by atoms with Gasteiger partial charge in [0.15, 0.2) is 0 Å². The van der Waals surface area contributed by atoms with E-state index in [0.29, 0.717) is 12.5 Å². The maximum atomic E-state index is 9.56.